The standard InChI is InChI=1S/C16H13Cl2N3O5/c1-3-26-16(25)12-11-13(21(19-12)7(2)22)15(24)20(14(11)23)8-4-5-9(17)10(18)6-8/h4-6,11,13H,3H2,1-2H3/t11-,13+/m0/s1. The highest BCUT2D eigenvalue weighted by molar-refractivity contribution is 6.47. The summed E-state index contributed by atoms with van der Waals surface area (Å²) in [7, 11) is 0. The summed E-state index contributed by atoms with van der Waals surface area (Å²) in [5.74, 6) is -4.01. The number of esters is 1. The van der Waals surface area contributed by atoms with Gasteiger partial charge in [0.2, 0.25) is 11.8 Å². The van der Waals surface area contributed by atoms with Crippen LogP contribution in [0, 0.1) is 5.92 Å². The lowest BCUT2D eigenvalue weighted by Crippen LogP contribution is -2.41. The number of hydrogen-bond acceptors (Lipinski definition) is 6. The molecule has 3 rings (SSSR count). The Morgan fingerprint density at radius 3 is 2.46 bits per heavy atom. The van der Waals surface area contributed by atoms with Crippen molar-refractivity contribution in [3.63, 3.8) is 0 Å². The number of benzene rings is 1. The quantitative estimate of drug-likeness (QED) is 0.570. The number of hydrazone groups is 1. The molecule has 1 saturated heterocycles. The van der Waals surface area contributed by atoms with Crippen molar-refractivity contribution in [2.45, 2.75) is 19.9 Å². The van der Waals surface area contributed by atoms with Gasteiger partial charge in [0.15, 0.2) is 11.8 Å². The molecule has 1 fully saturated rings. The summed E-state index contributed by atoms with van der Waals surface area (Å²) >= 11 is 11.8. The molecule has 0 unspecified atom stereocenters. The summed E-state index contributed by atoms with van der Waals surface area (Å²) < 4.78 is 4.89. The molecule has 1 aromatic rings. The molecule has 0 radical (unpaired) electrons. The van der Waals surface area contributed by atoms with Crippen LogP contribution in [-0.4, -0.2) is 47.1 Å². The zero-order valence-electron chi connectivity index (χ0n) is 13.7. The van der Waals surface area contributed by atoms with Gasteiger partial charge in [-0.2, -0.15) is 5.10 Å². The van der Waals surface area contributed by atoms with Crippen molar-refractivity contribution in [3.8, 4) is 0 Å². The van der Waals surface area contributed by atoms with Gasteiger partial charge in [-0.15, -0.1) is 0 Å². The third-order valence-corrected chi connectivity index (χ3v) is 4.76. The van der Waals surface area contributed by atoms with E-state index in [4.69, 9.17) is 27.9 Å². The average molecular weight is 398 g/mol. The second-order valence-corrected chi connectivity index (χ2v) is 6.42. The molecular formula is C16H13Cl2N3O5. The van der Waals surface area contributed by atoms with E-state index in [2.05, 4.69) is 5.10 Å². The van der Waals surface area contributed by atoms with E-state index in [0.29, 0.717) is 0 Å². The van der Waals surface area contributed by atoms with Gasteiger partial charge in [0, 0.05) is 6.92 Å². The SMILES string of the molecule is CCOC(=O)C1=NN(C(C)=O)[C@H]2C(=O)N(c3ccc(Cl)c(Cl)c3)C(=O)[C@@H]12. The van der Waals surface area contributed by atoms with Crippen molar-refractivity contribution in [3.05, 3.63) is 28.2 Å². The highest BCUT2D eigenvalue weighted by atomic mass is 35.5. The summed E-state index contributed by atoms with van der Waals surface area (Å²) in [5, 5.41) is 5.12. The van der Waals surface area contributed by atoms with E-state index in [1.54, 1.807) is 6.92 Å². The fourth-order valence-electron chi connectivity index (χ4n) is 2.93. The first-order chi connectivity index (χ1) is 12.3. The van der Waals surface area contributed by atoms with Gasteiger partial charge in [0.25, 0.3) is 5.91 Å². The van der Waals surface area contributed by atoms with Crippen molar-refractivity contribution >= 4 is 58.3 Å². The summed E-state index contributed by atoms with van der Waals surface area (Å²) in [6.07, 6.45) is 0. The number of imide groups is 1. The van der Waals surface area contributed by atoms with E-state index in [9.17, 15) is 19.2 Å². The van der Waals surface area contributed by atoms with Crippen LogP contribution in [0.4, 0.5) is 5.69 Å². The second kappa shape index (κ2) is 6.69. The van der Waals surface area contributed by atoms with Crippen molar-refractivity contribution in [1.29, 1.82) is 0 Å². The van der Waals surface area contributed by atoms with Crippen molar-refractivity contribution in [2.75, 3.05) is 11.5 Å². The Morgan fingerprint density at radius 2 is 1.88 bits per heavy atom. The van der Waals surface area contributed by atoms with Gasteiger partial charge >= 0.3 is 5.97 Å². The van der Waals surface area contributed by atoms with Crippen molar-refractivity contribution in [2.24, 2.45) is 11.0 Å². The maximum absolute atomic E-state index is 12.9. The smallest absolute Gasteiger partial charge is 0.355 e. The lowest BCUT2D eigenvalue weighted by atomic mass is 9.98. The molecule has 0 aliphatic carbocycles. The number of rotatable bonds is 3. The highest BCUT2D eigenvalue weighted by Crippen LogP contribution is 2.37. The Hall–Kier alpha value is -2.45. The van der Waals surface area contributed by atoms with Crippen molar-refractivity contribution < 1.29 is 23.9 Å². The monoisotopic (exact) mass is 397 g/mol. The molecule has 1 aromatic carbocycles. The van der Waals surface area contributed by atoms with Gasteiger partial charge in [-0.1, -0.05) is 23.2 Å². The molecule has 8 nitrogen and oxygen atoms in total. The Morgan fingerprint density at radius 1 is 1.19 bits per heavy atom. The van der Waals surface area contributed by atoms with Gasteiger partial charge in [-0.3, -0.25) is 14.4 Å². The summed E-state index contributed by atoms with van der Waals surface area (Å²) in [5.41, 5.74) is -0.0801. The molecule has 2 aliphatic rings. The number of halogens is 2. The first-order valence-corrected chi connectivity index (χ1v) is 8.41. The van der Waals surface area contributed by atoms with E-state index in [1.165, 1.54) is 25.1 Å². The molecule has 3 amide bonds. The van der Waals surface area contributed by atoms with Gasteiger partial charge in [0.05, 0.1) is 22.3 Å². The van der Waals surface area contributed by atoms with Crippen LogP contribution in [0.25, 0.3) is 0 Å². The molecule has 2 heterocycles. The average Bonchev–Trinajstić information content (AvgIpc) is 3.09. The van der Waals surface area contributed by atoms with Crippen LogP contribution in [-0.2, 0) is 23.9 Å². The van der Waals surface area contributed by atoms with Crippen LogP contribution < -0.4 is 4.90 Å². The predicted molar refractivity (Wildman–Crippen MR) is 92.8 cm³/mol. The third kappa shape index (κ3) is 2.75. The van der Waals surface area contributed by atoms with E-state index in [-0.39, 0.29) is 28.1 Å². The molecule has 0 spiro atoms. The van der Waals surface area contributed by atoms with Crippen LogP contribution in [0.2, 0.25) is 10.0 Å². The van der Waals surface area contributed by atoms with E-state index in [1.807, 2.05) is 0 Å². The molecular weight excluding hydrogens is 385 g/mol. The number of ether oxygens (including phenoxy) is 1. The Bertz CT molecular complexity index is 869. The number of anilines is 1. The summed E-state index contributed by atoms with van der Waals surface area (Å²) in [6.45, 7) is 2.85. The summed E-state index contributed by atoms with van der Waals surface area (Å²) in [4.78, 5) is 50.6. The zero-order chi connectivity index (χ0) is 19.2. The fraction of sp³-hybridized carbons (Fsp3) is 0.312. The molecule has 136 valence electrons. The van der Waals surface area contributed by atoms with E-state index < -0.39 is 35.7 Å². The molecule has 0 bridgehead atoms. The van der Waals surface area contributed by atoms with Gasteiger partial charge < -0.3 is 4.74 Å². The van der Waals surface area contributed by atoms with E-state index in [0.717, 1.165) is 9.91 Å². The van der Waals surface area contributed by atoms with Crippen LogP contribution in [0.1, 0.15) is 13.8 Å². The molecule has 26 heavy (non-hydrogen) atoms. The summed E-state index contributed by atoms with van der Waals surface area (Å²) in [6, 6.07) is 3.02. The number of carbonyl (C=O) groups excluding carboxylic acids is 4. The minimum Gasteiger partial charge on any atom is -0.461 e. The van der Waals surface area contributed by atoms with E-state index >= 15 is 0 Å². The van der Waals surface area contributed by atoms with Crippen LogP contribution in [0.5, 0.6) is 0 Å². The molecule has 0 saturated carbocycles. The molecule has 0 N–H and O–H groups in total. The Kier molecular flexibility index (Phi) is 4.72. The minimum absolute atomic E-state index is 0.0634. The predicted octanol–water partition coefficient (Wildman–Crippen LogP) is 1.63. The first-order valence-electron chi connectivity index (χ1n) is 7.66. The van der Waals surface area contributed by atoms with Gasteiger partial charge in [-0.25, -0.2) is 14.7 Å². The van der Waals surface area contributed by atoms with Crippen LogP contribution in [0.3, 0.4) is 0 Å². The third-order valence-electron chi connectivity index (χ3n) is 4.02. The topological polar surface area (TPSA) is 96.3 Å². The number of hydrogen-bond donors (Lipinski definition) is 0. The lowest BCUT2D eigenvalue weighted by Gasteiger charge is -2.19. The van der Waals surface area contributed by atoms with Gasteiger partial charge in [0.1, 0.15) is 5.92 Å². The number of fused-ring (bicyclic) bond motifs is 1. The molecule has 0 aromatic heterocycles. The first kappa shape index (κ1) is 18.3. The maximum Gasteiger partial charge on any atom is 0.355 e. The lowest BCUT2D eigenvalue weighted by molar-refractivity contribution is -0.136. The fourth-order valence-corrected chi connectivity index (χ4v) is 3.22. The van der Waals surface area contributed by atoms with Gasteiger partial charge in [-0.05, 0) is 25.1 Å². The van der Waals surface area contributed by atoms with Crippen molar-refractivity contribution in [1.82, 2.24) is 5.01 Å². The minimum atomic E-state index is -1.23. The highest BCUT2D eigenvalue weighted by Gasteiger charge is 2.59. The molecule has 10 heteroatoms. The Balaban J connectivity index is 2.05. The Labute approximate surface area is 158 Å². The number of nitrogens with zero attached hydrogens (tertiary/aromatic N) is 3. The zero-order valence-corrected chi connectivity index (χ0v) is 15.2. The number of carbonyl (C=O) groups is 4. The number of amides is 3. The van der Waals surface area contributed by atoms with Crippen LogP contribution >= 0.6 is 23.2 Å². The normalized spacial score (nSPS) is 21.8. The maximum atomic E-state index is 12.9. The second-order valence-electron chi connectivity index (χ2n) is 5.60. The van der Waals surface area contributed by atoms with Crippen LogP contribution in [0.15, 0.2) is 23.3 Å². The largest absolute Gasteiger partial charge is 0.461 e. The molecule has 2 aliphatic heterocycles. The molecule has 2 atom stereocenters.